The molecule has 2 unspecified atom stereocenters. The lowest BCUT2D eigenvalue weighted by molar-refractivity contribution is -0.134. The summed E-state index contributed by atoms with van der Waals surface area (Å²) in [6.07, 6.45) is 6.78. The fraction of sp³-hybridized carbons (Fsp3) is 0.944. The molecule has 4 heteroatoms. The molecule has 3 rings (SSSR count). The number of hydrogen-bond acceptors (Lipinski definition) is 3. The third-order valence-corrected chi connectivity index (χ3v) is 5.72. The Bertz CT molecular complexity index is 427. The van der Waals surface area contributed by atoms with E-state index >= 15 is 0 Å². The van der Waals surface area contributed by atoms with Crippen LogP contribution in [0.15, 0.2) is 0 Å². The summed E-state index contributed by atoms with van der Waals surface area (Å²) in [6.45, 7) is 10.5. The molecule has 1 N–H and O–H groups in total. The maximum Gasteiger partial charge on any atom is 0.225 e. The van der Waals surface area contributed by atoms with Crippen molar-refractivity contribution in [3.05, 3.63) is 0 Å². The maximum absolute atomic E-state index is 12.5. The van der Waals surface area contributed by atoms with E-state index in [9.17, 15) is 4.79 Å². The van der Waals surface area contributed by atoms with Crippen molar-refractivity contribution in [1.82, 2.24) is 10.2 Å². The quantitative estimate of drug-likeness (QED) is 0.871. The number of rotatable bonds is 3. The van der Waals surface area contributed by atoms with Gasteiger partial charge in [0.25, 0.3) is 0 Å². The van der Waals surface area contributed by atoms with Gasteiger partial charge in [0.15, 0.2) is 0 Å². The van der Waals surface area contributed by atoms with E-state index in [0.29, 0.717) is 23.9 Å². The fourth-order valence-corrected chi connectivity index (χ4v) is 4.63. The minimum atomic E-state index is -0.133. The van der Waals surface area contributed by atoms with Gasteiger partial charge in [-0.1, -0.05) is 12.8 Å². The van der Waals surface area contributed by atoms with Crippen LogP contribution in [0.5, 0.6) is 0 Å². The Morgan fingerprint density at radius 3 is 2.41 bits per heavy atom. The summed E-state index contributed by atoms with van der Waals surface area (Å²) >= 11 is 0. The molecule has 126 valence electrons. The molecule has 0 aromatic carbocycles. The van der Waals surface area contributed by atoms with Crippen LogP contribution in [-0.2, 0) is 9.53 Å². The molecule has 1 amide bonds. The standard InChI is InChI=1S/C18H32N2O2/c1-17(2)11-15(18(3,4)22-17)19-14-9-10-20(12-14)16(21)13-7-5-6-8-13/h13-15,19H,5-12H2,1-4H3. The number of nitrogens with one attached hydrogen (secondary N) is 1. The van der Waals surface area contributed by atoms with E-state index < -0.39 is 0 Å². The van der Waals surface area contributed by atoms with Crippen molar-refractivity contribution in [2.45, 2.75) is 89.5 Å². The van der Waals surface area contributed by atoms with Gasteiger partial charge in [-0.15, -0.1) is 0 Å². The summed E-state index contributed by atoms with van der Waals surface area (Å²) in [6, 6.07) is 0.793. The molecule has 2 aliphatic heterocycles. The van der Waals surface area contributed by atoms with E-state index in [0.717, 1.165) is 38.8 Å². The van der Waals surface area contributed by atoms with Crippen molar-refractivity contribution >= 4 is 5.91 Å². The van der Waals surface area contributed by atoms with Crippen LogP contribution in [0.2, 0.25) is 0 Å². The highest BCUT2D eigenvalue weighted by molar-refractivity contribution is 5.79. The predicted octanol–water partition coefficient (Wildman–Crippen LogP) is 2.71. The second-order valence-electron chi connectivity index (χ2n) is 8.64. The van der Waals surface area contributed by atoms with Crippen molar-refractivity contribution in [3.63, 3.8) is 0 Å². The van der Waals surface area contributed by atoms with Gasteiger partial charge in [-0.05, 0) is 53.4 Å². The van der Waals surface area contributed by atoms with Crippen LogP contribution in [0.4, 0.5) is 0 Å². The Kier molecular flexibility index (Phi) is 4.28. The first kappa shape index (κ1) is 16.3. The molecule has 22 heavy (non-hydrogen) atoms. The van der Waals surface area contributed by atoms with Crippen molar-refractivity contribution in [2.24, 2.45) is 5.92 Å². The molecule has 4 nitrogen and oxygen atoms in total. The summed E-state index contributed by atoms with van der Waals surface area (Å²) in [5, 5.41) is 3.78. The van der Waals surface area contributed by atoms with E-state index in [4.69, 9.17) is 4.74 Å². The van der Waals surface area contributed by atoms with Crippen molar-refractivity contribution in [1.29, 1.82) is 0 Å². The van der Waals surface area contributed by atoms with Gasteiger partial charge in [0.05, 0.1) is 11.2 Å². The molecule has 0 radical (unpaired) electrons. The Labute approximate surface area is 135 Å². The monoisotopic (exact) mass is 308 g/mol. The molecule has 0 bridgehead atoms. The molecular weight excluding hydrogens is 276 g/mol. The highest BCUT2D eigenvalue weighted by Gasteiger charge is 2.47. The SMILES string of the molecule is CC1(C)CC(NC2CCN(C(=O)C3CCCC3)C2)C(C)(C)O1. The molecule has 3 aliphatic rings. The Morgan fingerprint density at radius 2 is 1.82 bits per heavy atom. The van der Waals surface area contributed by atoms with Gasteiger partial charge >= 0.3 is 0 Å². The van der Waals surface area contributed by atoms with Crippen LogP contribution in [-0.4, -0.2) is 47.2 Å². The molecule has 1 saturated carbocycles. The number of carbonyl (C=O) groups excluding carboxylic acids is 1. The van der Waals surface area contributed by atoms with Gasteiger partial charge in [-0.25, -0.2) is 0 Å². The van der Waals surface area contributed by atoms with E-state index in [1.54, 1.807) is 0 Å². The van der Waals surface area contributed by atoms with Gasteiger partial charge in [0.2, 0.25) is 5.91 Å². The van der Waals surface area contributed by atoms with E-state index in [-0.39, 0.29) is 11.2 Å². The van der Waals surface area contributed by atoms with Gasteiger partial charge in [0, 0.05) is 31.1 Å². The molecule has 0 spiro atoms. The summed E-state index contributed by atoms with van der Waals surface area (Å²) in [5.74, 6) is 0.716. The molecule has 3 fully saturated rings. The van der Waals surface area contributed by atoms with Crippen molar-refractivity contribution in [3.8, 4) is 0 Å². The number of ether oxygens (including phenoxy) is 1. The summed E-state index contributed by atoms with van der Waals surface area (Å²) in [7, 11) is 0. The van der Waals surface area contributed by atoms with Gasteiger partial charge in [-0.2, -0.15) is 0 Å². The van der Waals surface area contributed by atoms with Gasteiger partial charge < -0.3 is 15.0 Å². The predicted molar refractivity (Wildman–Crippen MR) is 87.7 cm³/mol. The Hall–Kier alpha value is -0.610. The lowest BCUT2D eigenvalue weighted by atomic mass is 9.93. The minimum absolute atomic E-state index is 0.0564. The topological polar surface area (TPSA) is 41.6 Å². The molecule has 0 aromatic rings. The second-order valence-corrected chi connectivity index (χ2v) is 8.64. The highest BCUT2D eigenvalue weighted by atomic mass is 16.5. The number of amides is 1. The molecule has 1 aliphatic carbocycles. The maximum atomic E-state index is 12.5. The lowest BCUT2D eigenvalue weighted by Gasteiger charge is -2.30. The summed E-state index contributed by atoms with van der Waals surface area (Å²) in [4.78, 5) is 14.6. The number of nitrogens with zero attached hydrogens (tertiary/aromatic N) is 1. The molecule has 0 aromatic heterocycles. The third kappa shape index (κ3) is 3.33. The highest BCUT2D eigenvalue weighted by Crippen LogP contribution is 2.38. The lowest BCUT2D eigenvalue weighted by Crippen LogP contribution is -2.49. The van der Waals surface area contributed by atoms with Crippen molar-refractivity contribution in [2.75, 3.05) is 13.1 Å². The van der Waals surface area contributed by atoms with Gasteiger partial charge in [0.1, 0.15) is 0 Å². The Balaban J connectivity index is 1.54. The zero-order chi connectivity index (χ0) is 16.0. The first-order chi connectivity index (χ1) is 10.3. The van der Waals surface area contributed by atoms with Crippen LogP contribution in [0, 0.1) is 5.92 Å². The number of carbonyl (C=O) groups is 1. The van der Waals surface area contributed by atoms with E-state index in [1.807, 2.05) is 0 Å². The Morgan fingerprint density at radius 1 is 1.14 bits per heavy atom. The van der Waals surface area contributed by atoms with Crippen LogP contribution in [0.3, 0.4) is 0 Å². The van der Waals surface area contributed by atoms with Gasteiger partial charge in [-0.3, -0.25) is 4.79 Å². The average molecular weight is 308 g/mol. The first-order valence-corrected chi connectivity index (χ1v) is 9.02. The molecule has 2 saturated heterocycles. The third-order valence-electron chi connectivity index (χ3n) is 5.72. The average Bonchev–Trinajstić information content (AvgIpc) is 3.10. The fourth-order valence-electron chi connectivity index (χ4n) is 4.63. The largest absolute Gasteiger partial charge is 0.368 e. The number of likely N-dealkylation sites (tertiary alicyclic amines) is 1. The zero-order valence-corrected chi connectivity index (χ0v) is 14.7. The van der Waals surface area contributed by atoms with Crippen molar-refractivity contribution < 1.29 is 9.53 Å². The van der Waals surface area contributed by atoms with Crippen LogP contribution >= 0.6 is 0 Å². The van der Waals surface area contributed by atoms with Crippen LogP contribution in [0.1, 0.15) is 66.2 Å². The normalized spacial score (nSPS) is 34.5. The van der Waals surface area contributed by atoms with Crippen LogP contribution in [0.25, 0.3) is 0 Å². The second kappa shape index (κ2) is 5.79. The molecule has 2 atom stereocenters. The minimum Gasteiger partial charge on any atom is -0.368 e. The van der Waals surface area contributed by atoms with E-state index in [2.05, 4.69) is 37.9 Å². The first-order valence-electron chi connectivity index (χ1n) is 9.02. The summed E-state index contributed by atoms with van der Waals surface area (Å²) in [5.41, 5.74) is -0.189. The van der Waals surface area contributed by atoms with E-state index in [1.165, 1.54) is 12.8 Å². The number of hydrogen-bond donors (Lipinski definition) is 1. The molecule has 2 heterocycles. The summed E-state index contributed by atoms with van der Waals surface area (Å²) < 4.78 is 6.17. The molecular formula is C18H32N2O2. The van der Waals surface area contributed by atoms with Crippen LogP contribution < -0.4 is 5.32 Å². The zero-order valence-electron chi connectivity index (χ0n) is 14.7. The smallest absolute Gasteiger partial charge is 0.225 e.